The summed E-state index contributed by atoms with van der Waals surface area (Å²) >= 11 is 0. The van der Waals surface area contributed by atoms with Crippen molar-refractivity contribution in [3.05, 3.63) is 54.1 Å². The number of aliphatic hydroxyl groups excluding tert-OH is 2. The van der Waals surface area contributed by atoms with Gasteiger partial charge in [0, 0.05) is 61.8 Å². The molecule has 4 aliphatic rings. The molecule has 14 heteroatoms. The van der Waals surface area contributed by atoms with Gasteiger partial charge >= 0.3 is 6.03 Å². The van der Waals surface area contributed by atoms with Gasteiger partial charge in [-0.15, -0.1) is 0 Å². The van der Waals surface area contributed by atoms with Crippen LogP contribution in [0.25, 0.3) is 11.4 Å². The Hall–Kier alpha value is -4.37. The highest BCUT2D eigenvalue weighted by molar-refractivity contribution is 6.00. The highest BCUT2D eigenvalue weighted by atomic mass is 16.5. The van der Waals surface area contributed by atoms with E-state index in [0.717, 1.165) is 50.9 Å². The molecule has 2 bridgehead atoms. The highest BCUT2D eigenvalue weighted by Crippen LogP contribution is 2.33. The number of benzene rings is 2. The molecule has 14 nitrogen and oxygen atoms in total. The first-order valence-electron chi connectivity index (χ1n) is 17.4. The summed E-state index contributed by atoms with van der Waals surface area (Å²) in [6, 6.07) is 13.4. The molecule has 2 aromatic carbocycles. The van der Waals surface area contributed by atoms with E-state index >= 15 is 0 Å². The average Bonchev–Trinajstić information content (AvgIpc) is 3.73. The standard InChI is InChI=1S/C35H45N9O5/c1-2-41-15-17-42(18-16-41)32(47)24-5-9-26(10-6-24)37-35(48)36-25-7-3-23(4-8-25)31-38-33(43-19-29-13-14-30(20-43)49-29)40-34(39-31)44-27(21-45)11-12-28(44)22-46/h3-10,27-30,45-46H,2,11-22H2,1H3,(H2,36,37,48). The van der Waals surface area contributed by atoms with Crippen molar-refractivity contribution >= 4 is 35.2 Å². The van der Waals surface area contributed by atoms with E-state index in [1.54, 1.807) is 36.4 Å². The largest absolute Gasteiger partial charge is 0.394 e. The number of amides is 3. The number of urea groups is 1. The van der Waals surface area contributed by atoms with Gasteiger partial charge < -0.3 is 45.2 Å². The van der Waals surface area contributed by atoms with Gasteiger partial charge in [-0.1, -0.05) is 6.92 Å². The van der Waals surface area contributed by atoms with Gasteiger partial charge in [-0.2, -0.15) is 15.0 Å². The molecule has 260 valence electrons. The minimum absolute atomic E-state index is 0.00294. The maximum Gasteiger partial charge on any atom is 0.323 e. The fourth-order valence-electron chi connectivity index (χ4n) is 7.31. The number of morpholine rings is 1. The summed E-state index contributed by atoms with van der Waals surface area (Å²) < 4.78 is 6.04. The first-order chi connectivity index (χ1) is 23.9. The van der Waals surface area contributed by atoms with Crippen molar-refractivity contribution in [2.45, 2.75) is 56.9 Å². The Balaban J connectivity index is 1.03. The number of aliphatic hydroxyl groups is 2. The number of anilines is 4. The van der Waals surface area contributed by atoms with Crippen LogP contribution in [-0.4, -0.2) is 130 Å². The number of hydrogen-bond donors (Lipinski definition) is 4. The van der Waals surface area contributed by atoms with Crippen molar-refractivity contribution in [3.8, 4) is 11.4 Å². The predicted molar refractivity (Wildman–Crippen MR) is 186 cm³/mol. The lowest BCUT2D eigenvalue weighted by atomic mass is 10.1. The number of hydrogen-bond acceptors (Lipinski definition) is 11. The van der Waals surface area contributed by atoms with Crippen molar-refractivity contribution in [2.75, 3.05) is 79.5 Å². The van der Waals surface area contributed by atoms with E-state index in [1.807, 2.05) is 21.9 Å². The van der Waals surface area contributed by atoms with E-state index in [9.17, 15) is 19.8 Å². The molecule has 4 unspecified atom stereocenters. The zero-order valence-corrected chi connectivity index (χ0v) is 27.9. The third kappa shape index (κ3) is 7.32. The highest BCUT2D eigenvalue weighted by Gasteiger charge is 2.38. The lowest BCUT2D eigenvalue weighted by Gasteiger charge is -2.34. The Labute approximate surface area is 286 Å². The van der Waals surface area contributed by atoms with E-state index in [1.165, 1.54) is 0 Å². The Morgan fingerprint density at radius 1 is 0.776 bits per heavy atom. The van der Waals surface area contributed by atoms with Crippen LogP contribution in [0.1, 0.15) is 43.0 Å². The van der Waals surface area contributed by atoms with Crippen molar-refractivity contribution in [1.82, 2.24) is 24.8 Å². The molecule has 7 rings (SSSR count). The number of carbonyl (C=O) groups is 2. The number of nitrogens with zero attached hydrogens (tertiary/aromatic N) is 7. The predicted octanol–water partition coefficient (Wildman–Crippen LogP) is 2.65. The average molecular weight is 672 g/mol. The zero-order chi connectivity index (χ0) is 33.9. The normalized spacial score (nSPS) is 23.9. The number of likely N-dealkylation sites (N-methyl/N-ethyl adjacent to an activating group) is 1. The van der Waals surface area contributed by atoms with E-state index in [4.69, 9.17) is 19.7 Å². The van der Waals surface area contributed by atoms with Gasteiger partial charge in [-0.05, 0) is 80.8 Å². The number of carbonyl (C=O) groups excluding carboxylic acids is 2. The molecule has 3 aromatic rings. The quantitative estimate of drug-likeness (QED) is 0.265. The van der Waals surface area contributed by atoms with Crippen LogP contribution in [0, 0.1) is 0 Å². The monoisotopic (exact) mass is 671 g/mol. The van der Waals surface area contributed by atoms with Crippen molar-refractivity contribution in [2.24, 2.45) is 0 Å². The molecule has 0 spiro atoms. The molecule has 4 saturated heterocycles. The number of rotatable bonds is 9. The Bertz CT molecular complexity index is 1590. The Kier molecular flexibility index (Phi) is 9.89. The van der Waals surface area contributed by atoms with E-state index in [-0.39, 0.29) is 43.4 Å². The van der Waals surface area contributed by atoms with E-state index in [0.29, 0.717) is 60.8 Å². The topological polar surface area (TPSA) is 160 Å². The minimum atomic E-state index is -0.409. The molecular formula is C35H45N9O5. The maximum atomic E-state index is 12.9. The van der Waals surface area contributed by atoms with Crippen molar-refractivity contribution in [1.29, 1.82) is 0 Å². The van der Waals surface area contributed by atoms with Gasteiger partial charge in [-0.25, -0.2) is 4.79 Å². The second-order valence-corrected chi connectivity index (χ2v) is 13.2. The lowest BCUT2D eigenvalue weighted by molar-refractivity contribution is 0.0299. The van der Waals surface area contributed by atoms with Crippen LogP contribution in [0.5, 0.6) is 0 Å². The van der Waals surface area contributed by atoms with E-state index in [2.05, 4.69) is 27.4 Å². The molecule has 0 saturated carbocycles. The molecule has 49 heavy (non-hydrogen) atoms. The Morgan fingerprint density at radius 2 is 1.35 bits per heavy atom. The third-order valence-corrected chi connectivity index (χ3v) is 10.1. The van der Waals surface area contributed by atoms with Crippen LogP contribution in [0.4, 0.5) is 28.1 Å². The lowest BCUT2D eigenvalue weighted by Crippen LogP contribution is -2.48. The van der Waals surface area contributed by atoms with Crippen LogP contribution < -0.4 is 20.4 Å². The van der Waals surface area contributed by atoms with Crippen LogP contribution >= 0.6 is 0 Å². The first-order valence-corrected chi connectivity index (χ1v) is 17.4. The summed E-state index contributed by atoms with van der Waals surface area (Å²) in [7, 11) is 0. The number of aromatic nitrogens is 3. The fourth-order valence-corrected chi connectivity index (χ4v) is 7.31. The number of fused-ring (bicyclic) bond motifs is 2. The van der Waals surface area contributed by atoms with Gasteiger partial charge in [-0.3, -0.25) is 4.79 Å². The molecule has 5 heterocycles. The molecule has 4 atom stereocenters. The number of nitrogens with one attached hydrogen (secondary N) is 2. The van der Waals surface area contributed by atoms with Crippen molar-refractivity contribution < 1.29 is 24.5 Å². The van der Waals surface area contributed by atoms with E-state index < -0.39 is 6.03 Å². The Morgan fingerprint density at radius 3 is 1.92 bits per heavy atom. The van der Waals surface area contributed by atoms with Crippen LogP contribution in [0.3, 0.4) is 0 Å². The smallest absolute Gasteiger partial charge is 0.323 e. The van der Waals surface area contributed by atoms with Gasteiger partial charge in [0.15, 0.2) is 5.82 Å². The molecule has 4 aliphatic heterocycles. The first kappa shape index (κ1) is 33.1. The van der Waals surface area contributed by atoms with Crippen LogP contribution in [0.2, 0.25) is 0 Å². The van der Waals surface area contributed by atoms with Crippen molar-refractivity contribution in [3.63, 3.8) is 0 Å². The second-order valence-electron chi connectivity index (χ2n) is 13.2. The third-order valence-electron chi connectivity index (χ3n) is 10.1. The minimum Gasteiger partial charge on any atom is -0.394 e. The number of ether oxygens (including phenoxy) is 1. The van der Waals surface area contributed by atoms with Gasteiger partial charge in [0.2, 0.25) is 11.9 Å². The van der Waals surface area contributed by atoms with Crippen LogP contribution in [0.15, 0.2) is 48.5 Å². The molecule has 3 amide bonds. The maximum absolute atomic E-state index is 12.9. The van der Waals surface area contributed by atoms with Gasteiger partial charge in [0.05, 0.1) is 37.5 Å². The summed E-state index contributed by atoms with van der Waals surface area (Å²) in [5.74, 6) is 1.46. The van der Waals surface area contributed by atoms with Crippen LogP contribution in [-0.2, 0) is 4.74 Å². The summed E-state index contributed by atoms with van der Waals surface area (Å²) in [6.45, 7) is 7.57. The second kappa shape index (κ2) is 14.6. The SMILES string of the molecule is CCN1CCN(C(=O)c2ccc(NC(=O)Nc3ccc(-c4nc(N5CC6CCC(C5)O6)nc(N5C(CO)CCC5CO)n4)cc3)cc2)CC1. The molecule has 4 fully saturated rings. The zero-order valence-electron chi connectivity index (χ0n) is 27.9. The summed E-state index contributed by atoms with van der Waals surface area (Å²) in [5, 5.41) is 25.9. The molecule has 1 aromatic heterocycles. The summed E-state index contributed by atoms with van der Waals surface area (Å²) in [5.41, 5.74) is 2.50. The van der Waals surface area contributed by atoms with Gasteiger partial charge in [0.25, 0.3) is 5.91 Å². The summed E-state index contributed by atoms with van der Waals surface area (Å²) in [4.78, 5) is 48.6. The fraction of sp³-hybridized carbons (Fsp3) is 0.514. The molecular weight excluding hydrogens is 626 g/mol. The number of piperazine rings is 1. The molecule has 0 radical (unpaired) electrons. The molecule has 0 aliphatic carbocycles. The molecule has 4 N–H and O–H groups in total. The summed E-state index contributed by atoms with van der Waals surface area (Å²) in [6.07, 6.45) is 3.80. The van der Waals surface area contributed by atoms with Gasteiger partial charge in [0.1, 0.15) is 0 Å².